The van der Waals surface area contributed by atoms with Gasteiger partial charge in [0.05, 0.1) is 4.90 Å². The van der Waals surface area contributed by atoms with E-state index < -0.39 is 10.0 Å². The lowest BCUT2D eigenvalue weighted by atomic mass is 10.0. The van der Waals surface area contributed by atoms with Gasteiger partial charge in [-0.05, 0) is 55.5 Å². The Hall–Kier alpha value is -2.18. The van der Waals surface area contributed by atoms with Crippen molar-refractivity contribution in [2.45, 2.75) is 43.5 Å². The van der Waals surface area contributed by atoms with Gasteiger partial charge >= 0.3 is 0 Å². The highest BCUT2D eigenvalue weighted by Crippen LogP contribution is 2.25. The Balaban J connectivity index is 1.66. The molecule has 132 valence electrons. The van der Waals surface area contributed by atoms with Gasteiger partial charge in [-0.1, -0.05) is 30.3 Å². The lowest BCUT2D eigenvalue weighted by molar-refractivity contribution is -0.116. The molecule has 5 nitrogen and oxygen atoms in total. The number of rotatable bonds is 6. The highest BCUT2D eigenvalue weighted by molar-refractivity contribution is 7.89. The minimum atomic E-state index is -3.57. The fourth-order valence-electron chi connectivity index (χ4n) is 2.95. The number of hydrogen-bond donors (Lipinski definition) is 2. The van der Waals surface area contributed by atoms with Crippen molar-refractivity contribution in [2.24, 2.45) is 0 Å². The van der Waals surface area contributed by atoms with Crippen LogP contribution in [0.15, 0.2) is 53.4 Å². The minimum Gasteiger partial charge on any atom is -0.326 e. The Kier molecular flexibility index (Phi) is 5.20. The molecule has 6 heteroatoms. The molecule has 1 unspecified atom stereocenters. The molecule has 2 aromatic carbocycles. The van der Waals surface area contributed by atoms with Gasteiger partial charge in [-0.25, -0.2) is 13.1 Å². The highest BCUT2D eigenvalue weighted by Gasteiger charge is 2.21. The van der Waals surface area contributed by atoms with E-state index in [1.165, 1.54) is 11.6 Å². The maximum absolute atomic E-state index is 12.6. The van der Waals surface area contributed by atoms with Gasteiger partial charge in [0.25, 0.3) is 0 Å². The van der Waals surface area contributed by atoms with E-state index in [-0.39, 0.29) is 16.8 Å². The average molecular weight is 358 g/mol. The molecule has 0 aliphatic carbocycles. The fraction of sp³-hybridized carbons (Fsp3) is 0.316. The van der Waals surface area contributed by atoms with Crippen LogP contribution in [0.4, 0.5) is 5.69 Å². The van der Waals surface area contributed by atoms with Crippen LogP contribution in [0.25, 0.3) is 0 Å². The topological polar surface area (TPSA) is 75.3 Å². The summed E-state index contributed by atoms with van der Waals surface area (Å²) in [5, 5.41) is 2.76. The summed E-state index contributed by atoms with van der Waals surface area (Å²) in [6.45, 7) is 1.87. The first-order chi connectivity index (χ1) is 11.9. The molecule has 0 radical (unpaired) electrons. The van der Waals surface area contributed by atoms with Gasteiger partial charge < -0.3 is 5.32 Å². The molecule has 2 N–H and O–H groups in total. The van der Waals surface area contributed by atoms with Gasteiger partial charge in [0.2, 0.25) is 15.9 Å². The number of aryl methyl sites for hydroxylation is 2. The molecule has 0 saturated heterocycles. The Morgan fingerprint density at radius 3 is 2.64 bits per heavy atom. The number of benzene rings is 2. The number of carbonyl (C=O) groups is 1. The molecule has 0 aromatic heterocycles. The van der Waals surface area contributed by atoms with Crippen LogP contribution in [-0.2, 0) is 27.7 Å². The van der Waals surface area contributed by atoms with Crippen LogP contribution < -0.4 is 10.0 Å². The van der Waals surface area contributed by atoms with E-state index in [0.29, 0.717) is 18.5 Å². The van der Waals surface area contributed by atoms with Crippen molar-refractivity contribution < 1.29 is 13.2 Å². The van der Waals surface area contributed by atoms with E-state index in [2.05, 4.69) is 10.0 Å². The van der Waals surface area contributed by atoms with Gasteiger partial charge in [-0.2, -0.15) is 0 Å². The third kappa shape index (κ3) is 4.46. The molecule has 25 heavy (non-hydrogen) atoms. The Bertz CT molecular complexity index is 863. The molecular weight excluding hydrogens is 336 g/mol. The molecule has 1 amide bonds. The SMILES string of the molecule is CC(CCc1ccccc1)NS(=O)(=O)c1ccc2c(c1)CCC(=O)N2. The second kappa shape index (κ2) is 7.37. The van der Waals surface area contributed by atoms with Crippen LogP contribution in [0.1, 0.15) is 30.9 Å². The number of carbonyl (C=O) groups excluding carboxylic acids is 1. The summed E-state index contributed by atoms with van der Waals surface area (Å²) in [6.07, 6.45) is 2.50. The molecule has 1 aliphatic rings. The maximum Gasteiger partial charge on any atom is 0.240 e. The van der Waals surface area contributed by atoms with Crippen molar-refractivity contribution in [1.29, 1.82) is 0 Å². The summed E-state index contributed by atoms with van der Waals surface area (Å²) in [4.78, 5) is 11.6. The van der Waals surface area contributed by atoms with Crippen LogP contribution in [0.3, 0.4) is 0 Å². The zero-order chi connectivity index (χ0) is 17.9. The number of nitrogens with one attached hydrogen (secondary N) is 2. The standard InChI is InChI=1S/C19H22N2O3S/c1-14(7-8-15-5-3-2-4-6-15)21-25(23,24)17-10-11-18-16(13-17)9-12-19(22)20-18/h2-6,10-11,13-14,21H,7-9,12H2,1H3,(H,20,22). The predicted molar refractivity (Wildman–Crippen MR) is 97.9 cm³/mol. The van der Waals surface area contributed by atoms with E-state index in [4.69, 9.17) is 0 Å². The normalized spacial score (nSPS) is 15.3. The summed E-state index contributed by atoms with van der Waals surface area (Å²) in [5.74, 6) is -0.0317. The molecule has 2 aromatic rings. The molecule has 3 rings (SSSR count). The number of fused-ring (bicyclic) bond motifs is 1. The molecule has 0 spiro atoms. The van der Waals surface area contributed by atoms with E-state index in [1.54, 1.807) is 12.1 Å². The molecule has 0 fully saturated rings. The molecular formula is C19H22N2O3S. The van der Waals surface area contributed by atoms with Crippen LogP contribution in [0.2, 0.25) is 0 Å². The molecule has 0 saturated carbocycles. The smallest absolute Gasteiger partial charge is 0.240 e. The maximum atomic E-state index is 12.6. The molecule has 0 bridgehead atoms. The zero-order valence-corrected chi connectivity index (χ0v) is 15.0. The third-order valence-corrected chi connectivity index (χ3v) is 5.93. The van der Waals surface area contributed by atoms with Gasteiger partial charge in [0, 0.05) is 18.2 Å². The number of anilines is 1. The summed E-state index contributed by atoms with van der Waals surface area (Å²) < 4.78 is 28.0. The summed E-state index contributed by atoms with van der Waals surface area (Å²) >= 11 is 0. The lowest BCUT2D eigenvalue weighted by Crippen LogP contribution is -2.33. The first-order valence-electron chi connectivity index (χ1n) is 8.43. The second-order valence-electron chi connectivity index (χ2n) is 6.41. The first-order valence-corrected chi connectivity index (χ1v) is 9.91. The Morgan fingerprint density at radius 1 is 1.12 bits per heavy atom. The van der Waals surface area contributed by atoms with Crippen molar-refractivity contribution in [3.8, 4) is 0 Å². The van der Waals surface area contributed by atoms with Gasteiger partial charge in [-0.15, -0.1) is 0 Å². The first kappa shape index (κ1) is 17.6. The summed E-state index contributed by atoms with van der Waals surface area (Å²) in [7, 11) is -3.57. The second-order valence-corrected chi connectivity index (χ2v) is 8.13. The van der Waals surface area contributed by atoms with E-state index >= 15 is 0 Å². The van der Waals surface area contributed by atoms with Crippen LogP contribution in [-0.4, -0.2) is 20.4 Å². The molecule has 1 heterocycles. The van der Waals surface area contributed by atoms with Crippen molar-refractivity contribution >= 4 is 21.6 Å². The van der Waals surface area contributed by atoms with Crippen molar-refractivity contribution in [2.75, 3.05) is 5.32 Å². The fourth-order valence-corrected chi connectivity index (χ4v) is 4.27. The summed E-state index contributed by atoms with van der Waals surface area (Å²) in [5.41, 5.74) is 2.75. The van der Waals surface area contributed by atoms with Crippen LogP contribution >= 0.6 is 0 Å². The minimum absolute atomic E-state index is 0.0317. The largest absolute Gasteiger partial charge is 0.326 e. The predicted octanol–water partition coefficient (Wildman–Crippen LogP) is 2.87. The quantitative estimate of drug-likeness (QED) is 0.834. The summed E-state index contributed by atoms with van der Waals surface area (Å²) in [6, 6.07) is 14.7. The van der Waals surface area contributed by atoms with Gasteiger partial charge in [-0.3, -0.25) is 4.79 Å². The van der Waals surface area contributed by atoms with Crippen molar-refractivity contribution in [1.82, 2.24) is 4.72 Å². The zero-order valence-electron chi connectivity index (χ0n) is 14.2. The van der Waals surface area contributed by atoms with E-state index in [0.717, 1.165) is 18.4 Å². The van der Waals surface area contributed by atoms with Crippen LogP contribution in [0, 0.1) is 0 Å². The highest BCUT2D eigenvalue weighted by atomic mass is 32.2. The molecule has 1 aliphatic heterocycles. The average Bonchev–Trinajstić information content (AvgIpc) is 2.60. The Morgan fingerprint density at radius 2 is 1.88 bits per heavy atom. The Labute approximate surface area is 148 Å². The van der Waals surface area contributed by atoms with Crippen molar-refractivity contribution in [3.63, 3.8) is 0 Å². The van der Waals surface area contributed by atoms with Crippen molar-refractivity contribution in [3.05, 3.63) is 59.7 Å². The third-order valence-electron chi connectivity index (χ3n) is 4.35. The monoisotopic (exact) mass is 358 g/mol. The van der Waals surface area contributed by atoms with E-state index in [1.807, 2.05) is 37.3 Å². The number of sulfonamides is 1. The van der Waals surface area contributed by atoms with Gasteiger partial charge in [0.1, 0.15) is 0 Å². The lowest BCUT2D eigenvalue weighted by Gasteiger charge is -2.19. The van der Waals surface area contributed by atoms with E-state index in [9.17, 15) is 13.2 Å². The van der Waals surface area contributed by atoms with Crippen LogP contribution in [0.5, 0.6) is 0 Å². The number of hydrogen-bond acceptors (Lipinski definition) is 3. The number of amides is 1. The van der Waals surface area contributed by atoms with Gasteiger partial charge in [0.15, 0.2) is 0 Å². The molecule has 1 atom stereocenters.